The summed E-state index contributed by atoms with van der Waals surface area (Å²) in [5.41, 5.74) is 1.67. The van der Waals surface area contributed by atoms with Gasteiger partial charge in [-0.3, -0.25) is 4.98 Å². The van der Waals surface area contributed by atoms with Gasteiger partial charge in [0, 0.05) is 24.9 Å². The van der Waals surface area contributed by atoms with Gasteiger partial charge in [-0.2, -0.15) is 5.26 Å². The van der Waals surface area contributed by atoms with Crippen LogP contribution in [-0.2, 0) is 6.42 Å². The number of rotatable bonds is 5. The van der Waals surface area contributed by atoms with Gasteiger partial charge >= 0.3 is 0 Å². The van der Waals surface area contributed by atoms with Crippen molar-refractivity contribution in [2.24, 2.45) is 0 Å². The van der Waals surface area contributed by atoms with Crippen LogP contribution in [0, 0.1) is 11.3 Å². The highest BCUT2D eigenvalue weighted by Crippen LogP contribution is 2.27. The maximum absolute atomic E-state index is 8.82. The number of methoxy groups -OCH3 is 1. The number of benzene rings is 1. The van der Waals surface area contributed by atoms with Crippen molar-refractivity contribution in [2.75, 3.05) is 13.7 Å². The molecule has 0 amide bonds. The Morgan fingerprint density at radius 2 is 2.16 bits per heavy atom. The number of hydrogen-bond acceptors (Lipinski definition) is 4. The molecule has 0 saturated carbocycles. The molecule has 0 bridgehead atoms. The summed E-state index contributed by atoms with van der Waals surface area (Å²) in [4.78, 5) is 4.05. The largest absolute Gasteiger partial charge is 0.493 e. The molecule has 0 aliphatic rings. The van der Waals surface area contributed by atoms with Gasteiger partial charge in [-0.15, -0.1) is 0 Å². The summed E-state index contributed by atoms with van der Waals surface area (Å²) in [6.07, 6.45) is 4.34. The van der Waals surface area contributed by atoms with Crippen molar-refractivity contribution in [1.82, 2.24) is 4.98 Å². The lowest BCUT2D eigenvalue weighted by Gasteiger charge is -2.10. The number of ether oxygens (including phenoxy) is 2. The van der Waals surface area contributed by atoms with Gasteiger partial charge in [0.1, 0.15) is 0 Å². The first kappa shape index (κ1) is 12.9. The zero-order valence-electron chi connectivity index (χ0n) is 10.7. The van der Waals surface area contributed by atoms with Crippen LogP contribution in [0.5, 0.6) is 11.5 Å². The van der Waals surface area contributed by atoms with Crippen LogP contribution in [0.1, 0.15) is 11.1 Å². The van der Waals surface area contributed by atoms with Crippen molar-refractivity contribution in [3.8, 4) is 17.6 Å². The Labute approximate surface area is 112 Å². The number of hydrogen-bond donors (Lipinski definition) is 0. The van der Waals surface area contributed by atoms with E-state index in [1.807, 2.05) is 18.3 Å². The minimum Gasteiger partial charge on any atom is -0.493 e. The first-order valence-electron chi connectivity index (χ1n) is 5.93. The maximum Gasteiger partial charge on any atom is 0.162 e. The zero-order valence-corrected chi connectivity index (χ0v) is 10.7. The van der Waals surface area contributed by atoms with E-state index in [2.05, 4.69) is 11.1 Å². The van der Waals surface area contributed by atoms with E-state index in [1.54, 1.807) is 31.5 Å². The fraction of sp³-hybridized carbons (Fsp3) is 0.200. The van der Waals surface area contributed by atoms with Crippen molar-refractivity contribution in [2.45, 2.75) is 6.42 Å². The molecule has 0 aliphatic heterocycles. The highest BCUT2D eigenvalue weighted by molar-refractivity contribution is 5.46. The lowest BCUT2D eigenvalue weighted by molar-refractivity contribution is 0.297. The molecule has 0 unspecified atom stereocenters. The molecule has 2 aromatic rings. The van der Waals surface area contributed by atoms with Gasteiger partial charge in [0.05, 0.1) is 25.3 Å². The van der Waals surface area contributed by atoms with Crippen LogP contribution in [0.25, 0.3) is 0 Å². The average Bonchev–Trinajstić information content (AvgIpc) is 2.48. The van der Waals surface area contributed by atoms with Crippen LogP contribution in [0.3, 0.4) is 0 Å². The van der Waals surface area contributed by atoms with Gasteiger partial charge in [-0.05, 0) is 23.8 Å². The summed E-state index contributed by atoms with van der Waals surface area (Å²) >= 11 is 0. The first-order chi connectivity index (χ1) is 9.33. The number of nitrogens with zero attached hydrogens (tertiary/aromatic N) is 2. The molecule has 1 heterocycles. The van der Waals surface area contributed by atoms with Crippen molar-refractivity contribution in [3.63, 3.8) is 0 Å². The normalized spacial score (nSPS) is 9.68. The van der Waals surface area contributed by atoms with E-state index in [9.17, 15) is 0 Å². The van der Waals surface area contributed by atoms with Gasteiger partial charge in [-0.1, -0.05) is 6.07 Å². The lowest BCUT2D eigenvalue weighted by Crippen LogP contribution is -2.03. The maximum atomic E-state index is 8.82. The molecule has 4 nitrogen and oxygen atoms in total. The third-order valence-electron chi connectivity index (χ3n) is 2.66. The molecule has 2 rings (SSSR count). The Hall–Kier alpha value is -2.54. The van der Waals surface area contributed by atoms with E-state index >= 15 is 0 Å². The summed E-state index contributed by atoms with van der Waals surface area (Å²) in [5, 5.41) is 8.82. The van der Waals surface area contributed by atoms with Crippen molar-refractivity contribution >= 4 is 0 Å². The Morgan fingerprint density at radius 3 is 2.84 bits per heavy atom. The predicted molar refractivity (Wildman–Crippen MR) is 71.1 cm³/mol. The van der Waals surface area contributed by atoms with Crippen LogP contribution in [0.15, 0.2) is 42.7 Å². The van der Waals surface area contributed by atoms with E-state index in [-0.39, 0.29) is 0 Å². The second-order valence-electron chi connectivity index (χ2n) is 3.94. The Balaban J connectivity index is 1.98. The molecular weight excluding hydrogens is 240 g/mol. The molecule has 1 aromatic heterocycles. The minimum absolute atomic E-state index is 0.536. The molecule has 96 valence electrons. The average molecular weight is 254 g/mol. The fourth-order valence-corrected chi connectivity index (χ4v) is 1.68. The van der Waals surface area contributed by atoms with E-state index in [1.165, 1.54) is 0 Å². The zero-order chi connectivity index (χ0) is 13.5. The summed E-state index contributed by atoms with van der Waals surface area (Å²) in [7, 11) is 1.56. The summed E-state index contributed by atoms with van der Waals surface area (Å²) < 4.78 is 10.9. The standard InChI is InChI=1S/C15H14N2O2/c1-18-15-9-13(10-16)4-5-14(15)19-8-6-12-3-2-7-17-11-12/h2-5,7,9,11H,6,8H2,1H3. The SMILES string of the molecule is COc1cc(C#N)ccc1OCCc1cccnc1. The smallest absolute Gasteiger partial charge is 0.162 e. The first-order valence-corrected chi connectivity index (χ1v) is 5.93. The second-order valence-corrected chi connectivity index (χ2v) is 3.94. The summed E-state index contributed by atoms with van der Waals surface area (Å²) in [6, 6.07) is 11.1. The molecule has 19 heavy (non-hydrogen) atoms. The molecule has 4 heteroatoms. The molecule has 1 aromatic carbocycles. The van der Waals surface area contributed by atoms with E-state index in [4.69, 9.17) is 14.7 Å². The quantitative estimate of drug-likeness (QED) is 0.823. The summed E-state index contributed by atoms with van der Waals surface area (Å²) in [5.74, 6) is 1.22. The Kier molecular flexibility index (Phi) is 4.35. The third kappa shape index (κ3) is 3.46. The van der Waals surface area contributed by atoms with Crippen molar-refractivity contribution < 1.29 is 9.47 Å². The van der Waals surface area contributed by atoms with Gasteiger partial charge < -0.3 is 9.47 Å². The molecule has 0 N–H and O–H groups in total. The topological polar surface area (TPSA) is 55.1 Å². The number of pyridine rings is 1. The molecule has 0 saturated heterocycles. The Bertz CT molecular complexity index is 576. The molecule has 0 aliphatic carbocycles. The summed E-state index contributed by atoms with van der Waals surface area (Å²) in [6.45, 7) is 0.536. The highest BCUT2D eigenvalue weighted by atomic mass is 16.5. The highest BCUT2D eigenvalue weighted by Gasteiger charge is 2.05. The lowest BCUT2D eigenvalue weighted by atomic mass is 10.2. The minimum atomic E-state index is 0.536. The second kappa shape index (κ2) is 6.41. The molecular formula is C15H14N2O2. The molecule has 0 radical (unpaired) electrons. The van der Waals surface area contributed by atoms with Crippen molar-refractivity contribution in [1.29, 1.82) is 5.26 Å². The van der Waals surface area contributed by atoms with Crippen LogP contribution in [0.4, 0.5) is 0 Å². The Morgan fingerprint density at radius 1 is 1.26 bits per heavy atom. The van der Waals surface area contributed by atoms with Gasteiger partial charge in [0.2, 0.25) is 0 Å². The van der Waals surface area contributed by atoms with Crippen LogP contribution in [0.2, 0.25) is 0 Å². The monoisotopic (exact) mass is 254 g/mol. The van der Waals surface area contributed by atoms with Crippen molar-refractivity contribution in [3.05, 3.63) is 53.9 Å². The molecule has 0 atom stereocenters. The third-order valence-corrected chi connectivity index (χ3v) is 2.66. The van der Waals surface area contributed by atoms with Crippen LogP contribution < -0.4 is 9.47 Å². The van der Waals surface area contributed by atoms with E-state index in [0.29, 0.717) is 23.7 Å². The van der Waals surface area contributed by atoms with E-state index in [0.717, 1.165) is 12.0 Å². The van der Waals surface area contributed by atoms with E-state index < -0.39 is 0 Å². The van der Waals surface area contributed by atoms with Gasteiger partial charge in [0.25, 0.3) is 0 Å². The van der Waals surface area contributed by atoms with Crippen LogP contribution >= 0.6 is 0 Å². The predicted octanol–water partition coefficient (Wildman–Crippen LogP) is 2.58. The van der Waals surface area contributed by atoms with Gasteiger partial charge in [-0.25, -0.2) is 0 Å². The molecule has 0 spiro atoms. The van der Waals surface area contributed by atoms with Crippen LogP contribution in [-0.4, -0.2) is 18.7 Å². The van der Waals surface area contributed by atoms with Gasteiger partial charge in [0.15, 0.2) is 11.5 Å². The molecule has 0 fully saturated rings. The fourth-order valence-electron chi connectivity index (χ4n) is 1.68. The number of aromatic nitrogens is 1. The number of nitriles is 1.